The van der Waals surface area contributed by atoms with Gasteiger partial charge in [-0.2, -0.15) is 12.6 Å². The van der Waals surface area contributed by atoms with E-state index < -0.39 is 0 Å². The molecule has 0 unspecified atom stereocenters. The maximum atomic E-state index is 11.1. The van der Waals surface area contributed by atoms with Crippen LogP contribution in [0.4, 0.5) is 5.69 Å². The predicted molar refractivity (Wildman–Crippen MR) is 78.2 cm³/mol. The molecule has 0 aliphatic heterocycles. The average Bonchev–Trinajstić information content (AvgIpc) is 2.29. The summed E-state index contributed by atoms with van der Waals surface area (Å²) >= 11 is 4.37. The molecular formula is C14H19NO3S. The Kier molecular flexibility index (Phi) is 4.04. The summed E-state index contributed by atoms with van der Waals surface area (Å²) < 4.78 is 5.79. The number of hydrogen-bond acceptors (Lipinski definition) is 4. The van der Waals surface area contributed by atoms with Gasteiger partial charge in [-0.25, -0.2) is 0 Å². The highest BCUT2D eigenvalue weighted by atomic mass is 32.1. The van der Waals surface area contributed by atoms with Gasteiger partial charge in [0.15, 0.2) is 5.75 Å². The molecule has 104 valence electrons. The van der Waals surface area contributed by atoms with Gasteiger partial charge >= 0.3 is 5.69 Å². The monoisotopic (exact) mass is 281 g/mol. The first-order valence-electron chi connectivity index (χ1n) is 6.47. The topological polar surface area (TPSA) is 52.4 Å². The number of rotatable bonds is 5. The first-order valence-corrected chi connectivity index (χ1v) is 7.10. The first kappa shape index (κ1) is 14.2. The molecule has 2 rings (SSSR count). The molecule has 1 fully saturated rings. The molecule has 0 heterocycles. The molecule has 0 radical (unpaired) electrons. The van der Waals surface area contributed by atoms with Gasteiger partial charge < -0.3 is 4.74 Å². The van der Waals surface area contributed by atoms with Crippen molar-refractivity contribution in [3.63, 3.8) is 0 Å². The van der Waals surface area contributed by atoms with Gasteiger partial charge in [0.1, 0.15) is 0 Å². The molecule has 0 spiro atoms. The quantitative estimate of drug-likeness (QED) is 0.509. The van der Waals surface area contributed by atoms with Crippen LogP contribution in [0.3, 0.4) is 0 Å². The number of nitro groups is 1. The van der Waals surface area contributed by atoms with E-state index in [0.29, 0.717) is 12.4 Å². The van der Waals surface area contributed by atoms with Gasteiger partial charge in [0, 0.05) is 11.5 Å². The highest BCUT2D eigenvalue weighted by Gasteiger charge is 2.37. The Morgan fingerprint density at radius 2 is 2.11 bits per heavy atom. The van der Waals surface area contributed by atoms with Crippen LogP contribution in [0.25, 0.3) is 0 Å². The zero-order chi connectivity index (χ0) is 14.0. The van der Waals surface area contributed by atoms with Crippen LogP contribution in [-0.2, 0) is 0 Å². The number of nitrogens with zero attached hydrogens (tertiary/aromatic N) is 1. The second kappa shape index (κ2) is 5.41. The molecular weight excluding hydrogens is 262 g/mol. The highest BCUT2D eigenvalue weighted by Crippen LogP contribution is 2.43. The molecule has 1 saturated carbocycles. The maximum absolute atomic E-state index is 11.1. The minimum Gasteiger partial charge on any atom is -0.486 e. The van der Waals surface area contributed by atoms with E-state index in [9.17, 15) is 10.1 Å². The van der Waals surface area contributed by atoms with E-state index >= 15 is 0 Å². The normalized spacial score (nSPS) is 16.8. The second-order valence-corrected chi connectivity index (χ2v) is 5.80. The lowest BCUT2D eigenvalue weighted by molar-refractivity contribution is -0.386. The fourth-order valence-corrected chi connectivity index (χ4v) is 2.91. The molecule has 4 nitrogen and oxygen atoms in total. The van der Waals surface area contributed by atoms with Gasteiger partial charge in [-0.3, -0.25) is 10.1 Å². The van der Waals surface area contributed by atoms with E-state index in [1.807, 2.05) is 19.9 Å². The molecule has 5 heteroatoms. The Balaban J connectivity index is 2.22. The van der Waals surface area contributed by atoms with Crippen molar-refractivity contribution >= 4 is 18.3 Å². The van der Waals surface area contributed by atoms with Crippen molar-refractivity contribution in [2.75, 3.05) is 12.4 Å². The summed E-state index contributed by atoms with van der Waals surface area (Å²) in [5.74, 6) is 1.18. The van der Waals surface area contributed by atoms with Gasteiger partial charge in [-0.05, 0) is 43.6 Å². The van der Waals surface area contributed by atoms with E-state index in [0.717, 1.165) is 29.7 Å². The zero-order valence-electron chi connectivity index (χ0n) is 11.3. The van der Waals surface area contributed by atoms with Crippen LogP contribution in [0, 0.1) is 29.4 Å². The average molecular weight is 281 g/mol. The number of hydrogen-bond donors (Lipinski definition) is 1. The molecule has 0 bridgehead atoms. The molecule has 0 amide bonds. The van der Waals surface area contributed by atoms with Crippen LogP contribution in [0.15, 0.2) is 12.1 Å². The molecule has 0 aromatic heterocycles. The third kappa shape index (κ3) is 2.86. The van der Waals surface area contributed by atoms with Gasteiger partial charge in [-0.1, -0.05) is 12.5 Å². The van der Waals surface area contributed by atoms with Crippen molar-refractivity contribution in [1.82, 2.24) is 0 Å². The Labute approximate surface area is 118 Å². The van der Waals surface area contributed by atoms with E-state index in [1.165, 1.54) is 6.42 Å². The lowest BCUT2D eigenvalue weighted by Gasteiger charge is -2.40. The third-order valence-corrected chi connectivity index (χ3v) is 4.54. The van der Waals surface area contributed by atoms with E-state index in [-0.39, 0.29) is 16.0 Å². The summed E-state index contributed by atoms with van der Waals surface area (Å²) in [7, 11) is 0. The smallest absolute Gasteiger partial charge is 0.311 e. The van der Waals surface area contributed by atoms with E-state index in [1.54, 1.807) is 6.07 Å². The second-order valence-electron chi connectivity index (χ2n) is 5.49. The Hall–Kier alpha value is -1.23. The summed E-state index contributed by atoms with van der Waals surface area (Å²) in [4.78, 5) is 10.7. The number of aryl methyl sites for hydroxylation is 2. The number of ether oxygens (including phenoxy) is 1. The van der Waals surface area contributed by atoms with E-state index in [4.69, 9.17) is 4.74 Å². The molecule has 1 aliphatic rings. The van der Waals surface area contributed by atoms with Crippen molar-refractivity contribution in [3.8, 4) is 5.75 Å². The van der Waals surface area contributed by atoms with Crippen LogP contribution < -0.4 is 4.74 Å². The molecule has 0 N–H and O–H groups in total. The van der Waals surface area contributed by atoms with E-state index in [2.05, 4.69) is 12.6 Å². The van der Waals surface area contributed by atoms with Crippen molar-refractivity contribution in [2.45, 2.75) is 33.1 Å². The minimum absolute atomic E-state index is 0.0612. The molecule has 19 heavy (non-hydrogen) atoms. The molecule has 1 aromatic carbocycles. The molecule has 0 atom stereocenters. The largest absolute Gasteiger partial charge is 0.486 e. The molecule has 0 saturated heterocycles. The van der Waals surface area contributed by atoms with Crippen LogP contribution in [0.1, 0.15) is 30.4 Å². The van der Waals surface area contributed by atoms with Crippen LogP contribution in [0.5, 0.6) is 5.75 Å². The Morgan fingerprint density at radius 3 is 2.58 bits per heavy atom. The van der Waals surface area contributed by atoms with Crippen molar-refractivity contribution in [1.29, 1.82) is 0 Å². The fraction of sp³-hybridized carbons (Fsp3) is 0.571. The van der Waals surface area contributed by atoms with Crippen LogP contribution >= 0.6 is 12.6 Å². The summed E-state index contributed by atoms with van der Waals surface area (Å²) in [5, 5.41) is 11.1. The number of thiol groups is 1. The first-order chi connectivity index (χ1) is 8.97. The van der Waals surface area contributed by atoms with Crippen molar-refractivity contribution in [2.24, 2.45) is 5.41 Å². The predicted octanol–water partition coefficient (Wildman–Crippen LogP) is 3.69. The highest BCUT2D eigenvalue weighted by molar-refractivity contribution is 7.80. The van der Waals surface area contributed by atoms with Gasteiger partial charge in [0.2, 0.25) is 0 Å². The number of nitro benzene ring substituents is 1. The van der Waals surface area contributed by atoms with Crippen molar-refractivity contribution in [3.05, 3.63) is 33.4 Å². The summed E-state index contributed by atoms with van der Waals surface area (Å²) in [6.45, 7) is 4.22. The Bertz CT molecular complexity index is 492. The van der Waals surface area contributed by atoms with Crippen LogP contribution in [0.2, 0.25) is 0 Å². The molecule has 1 aromatic rings. The number of benzene rings is 1. The Morgan fingerprint density at radius 1 is 1.42 bits per heavy atom. The standard InChI is InChI=1S/C14H19NO3S/c1-10-6-11(2)13(12(7-10)15(16)17)18-8-14(9-19)4-3-5-14/h6-7,19H,3-5,8-9H2,1-2H3. The summed E-state index contributed by atoms with van der Waals surface area (Å²) in [5.41, 5.74) is 1.87. The van der Waals surface area contributed by atoms with Gasteiger partial charge in [0.25, 0.3) is 0 Å². The van der Waals surface area contributed by atoms with Crippen LogP contribution in [-0.4, -0.2) is 17.3 Å². The molecule has 1 aliphatic carbocycles. The summed E-state index contributed by atoms with van der Waals surface area (Å²) in [6, 6.07) is 3.48. The lowest BCUT2D eigenvalue weighted by Crippen LogP contribution is -2.37. The van der Waals surface area contributed by atoms with Gasteiger partial charge in [0.05, 0.1) is 11.5 Å². The maximum Gasteiger partial charge on any atom is 0.311 e. The third-order valence-electron chi connectivity index (χ3n) is 3.87. The summed E-state index contributed by atoms with van der Waals surface area (Å²) in [6.07, 6.45) is 3.38. The lowest BCUT2D eigenvalue weighted by atomic mass is 9.71. The zero-order valence-corrected chi connectivity index (χ0v) is 12.2. The minimum atomic E-state index is -0.372. The SMILES string of the molecule is Cc1cc(C)c(OCC2(CS)CCC2)c([N+](=O)[O-])c1. The van der Waals surface area contributed by atoms with Crippen molar-refractivity contribution < 1.29 is 9.66 Å². The fourth-order valence-electron chi connectivity index (χ4n) is 2.51. The van der Waals surface area contributed by atoms with Gasteiger partial charge in [-0.15, -0.1) is 0 Å².